The zero-order chi connectivity index (χ0) is 20.1. The molecule has 1 heterocycles. The van der Waals surface area contributed by atoms with Gasteiger partial charge in [-0.05, 0) is 82.1 Å². The first-order valence-corrected chi connectivity index (χ1v) is 10.2. The summed E-state index contributed by atoms with van der Waals surface area (Å²) in [5.41, 5.74) is 1.57. The molecule has 1 aliphatic heterocycles. The molecule has 0 radical (unpaired) electrons. The number of carbonyl (C=O) groups excluding carboxylic acids is 1. The molecule has 5 nitrogen and oxygen atoms in total. The number of anilines is 2. The van der Waals surface area contributed by atoms with Crippen molar-refractivity contribution in [3.8, 4) is 5.75 Å². The number of nitrogens with zero attached hydrogens (tertiary/aromatic N) is 1. The molecule has 0 aromatic heterocycles. The van der Waals surface area contributed by atoms with Crippen LogP contribution in [0.15, 0.2) is 42.5 Å². The van der Waals surface area contributed by atoms with Crippen LogP contribution in [0.5, 0.6) is 5.75 Å². The van der Waals surface area contributed by atoms with Crippen LogP contribution in [0.25, 0.3) is 0 Å². The Morgan fingerprint density at radius 2 is 1.83 bits per heavy atom. The number of piperidine rings is 1. The lowest BCUT2D eigenvalue weighted by Gasteiger charge is -2.34. The Kier molecular flexibility index (Phi) is 8.62. The van der Waals surface area contributed by atoms with Gasteiger partial charge >= 0.3 is 0 Å². The van der Waals surface area contributed by atoms with Gasteiger partial charge in [0, 0.05) is 23.3 Å². The van der Waals surface area contributed by atoms with Gasteiger partial charge in [0.2, 0.25) is 0 Å². The Hall–Kier alpha value is -1.95. The van der Waals surface area contributed by atoms with Gasteiger partial charge in [-0.2, -0.15) is 0 Å². The number of phenolic OH excluding ortho intramolecular Hbond substituents is 1. The van der Waals surface area contributed by atoms with Crippen LogP contribution >= 0.6 is 24.0 Å². The first kappa shape index (κ1) is 23.3. The second kappa shape index (κ2) is 10.7. The molecule has 0 bridgehead atoms. The molecule has 2 aromatic carbocycles. The van der Waals surface area contributed by atoms with Crippen LogP contribution in [0.4, 0.5) is 11.4 Å². The normalized spacial score (nSPS) is 15.0. The SMILES string of the molecule is CC(C)N1CCC(CNc2c(O)cccc2C(=O)Nc2ccc(Cl)cc2)CC1.Cl. The maximum Gasteiger partial charge on any atom is 0.257 e. The average molecular weight is 438 g/mol. The molecule has 0 saturated carbocycles. The van der Waals surface area contributed by atoms with Gasteiger partial charge in [-0.15, -0.1) is 12.4 Å². The molecule has 0 spiro atoms. The molecule has 29 heavy (non-hydrogen) atoms. The predicted molar refractivity (Wildman–Crippen MR) is 123 cm³/mol. The molecule has 0 unspecified atom stereocenters. The Bertz CT molecular complexity index is 804. The fourth-order valence-corrected chi connectivity index (χ4v) is 3.69. The Morgan fingerprint density at radius 1 is 1.17 bits per heavy atom. The number of rotatable bonds is 6. The zero-order valence-electron chi connectivity index (χ0n) is 16.8. The summed E-state index contributed by atoms with van der Waals surface area (Å²) >= 11 is 5.89. The minimum Gasteiger partial charge on any atom is -0.506 e. The number of nitrogens with one attached hydrogen (secondary N) is 2. The third-order valence-corrected chi connectivity index (χ3v) is 5.59. The van der Waals surface area contributed by atoms with Crippen LogP contribution in [0.2, 0.25) is 5.02 Å². The number of amides is 1. The number of para-hydroxylation sites is 1. The van der Waals surface area contributed by atoms with Crippen molar-refractivity contribution in [3.63, 3.8) is 0 Å². The Balaban J connectivity index is 0.00000300. The zero-order valence-corrected chi connectivity index (χ0v) is 18.4. The topological polar surface area (TPSA) is 64.6 Å². The summed E-state index contributed by atoms with van der Waals surface area (Å²) in [5, 5.41) is 17.1. The molecule has 0 atom stereocenters. The van der Waals surface area contributed by atoms with Crippen molar-refractivity contribution in [2.24, 2.45) is 5.92 Å². The van der Waals surface area contributed by atoms with E-state index in [0.29, 0.717) is 33.9 Å². The summed E-state index contributed by atoms with van der Waals surface area (Å²) in [6.07, 6.45) is 2.23. The highest BCUT2D eigenvalue weighted by atomic mass is 35.5. The molecule has 158 valence electrons. The second-order valence-corrected chi connectivity index (χ2v) is 8.05. The number of halogens is 2. The molecule has 1 saturated heterocycles. The van der Waals surface area contributed by atoms with Gasteiger partial charge < -0.3 is 20.6 Å². The largest absolute Gasteiger partial charge is 0.506 e. The van der Waals surface area contributed by atoms with E-state index >= 15 is 0 Å². The van der Waals surface area contributed by atoms with Gasteiger partial charge in [-0.1, -0.05) is 17.7 Å². The van der Waals surface area contributed by atoms with Crippen LogP contribution in [-0.4, -0.2) is 41.6 Å². The van der Waals surface area contributed by atoms with Gasteiger partial charge in [-0.3, -0.25) is 4.79 Å². The van der Waals surface area contributed by atoms with Gasteiger partial charge in [0.15, 0.2) is 0 Å². The molecule has 1 aliphatic rings. The Labute approximate surface area is 183 Å². The van der Waals surface area contributed by atoms with Crippen molar-refractivity contribution in [2.45, 2.75) is 32.7 Å². The fourth-order valence-electron chi connectivity index (χ4n) is 3.57. The molecule has 7 heteroatoms. The monoisotopic (exact) mass is 437 g/mol. The van der Waals surface area contributed by atoms with Crippen molar-refractivity contribution >= 4 is 41.3 Å². The maximum atomic E-state index is 12.7. The minimum atomic E-state index is -0.268. The number of hydrogen-bond acceptors (Lipinski definition) is 4. The van der Waals surface area contributed by atoms with Crippen molar-refractivity contribution < 1.29 is 9.90 Å². The fraction of sp³-hybridized carbons (Fsp3) is 0.409. The summed E-state index contributed by atoms with van der Waals surface area (Å²) in [7, 11) is 0. The third-order valence-electron chi connectivity index (χ3n) is 5.34. The summed E-state index contributed by atoms with van der Waals surface area (Å²) < 4.78 is 0. The summed E-state index contributed by atoms with van der Waals surface area (Å²) in [6.45, 7) is 7.38. The van der Waals surface area contributed by atoms with E-state index < -0.39 is 0 Å². The van der Waals surface area contributed by atoms with E-state index in [1.807, 2.05) is 0 Å². The third kappa shape index (κ3) is 6.26. The standard InChI is InChI=1S/C22H28ClN3O2.ClH/c1-15(2)26-12-10-16(11-13-26)14-24-21-19(4-3-5-20(21)27)22(28)25-18-8-6-17(23)7-9-18;/h3-9,15-16,24,27H,10-14H2,1-2H3,(H,25,28);1H. The van der Waals surface area contributed by atoms with Crippen LogP contribution in [0.1, 0.15) is 37.0 Å². The average Bonchev–Trinajstić information content (AvgIpc) is 2.69. The molecule has 1 fully saturated rings. The number of hydrogen-bond donors (Lipinski definition) is 3. The highest BCUT2D eigenvalue weighted by Gasteiger charge is 2.22. The first-order chi connectivity index (χ1) is 13.4. The number of benzene rings is 2. The number of carbonyl (C=O) groups is 1. The van der Waals surface area contributed by atoms with E-state index in [0.717, 1.165) is 32.5 Å². The molecule has 2 aromatic rings. The van der Waals surface area contributed by atoms with Crippen LogP contribution in [-0.2, 0) is 0 Å². The molecular formula is C22H29Cl2N3O2. The summed E-state index contributed by atoms with van der Waals surface area (Å²) in [5.74, 6) is 0.348. The van der Waals surface area contributed by atoms with Crippen LogP contribution in [0, 0.1) is 5.92 Å². The van der Waals surface area contributed by atoms with Crippen LogP contribution < -0.4 is 10.6 Å². The lowest BCUT2D eigenvalue weighted by Crippen LogP contribution is -2.39. The molecule has 3 rings (SSSR count). The lowest BCUT2D eigenvalue weighted by atomic mass is 9.95. The molecule has 0 aliphatic carbocycles. The smallest absolute Gasteiger partial charge is 0.257 e. The van der Waals surface area contributed by atoms with Crippen molar-refractivity contribution in [1.82, 2.24) is 4.90 Å². The van der Waals surface area contributed by atoms with Gasteiger partial charge in [0.25, 0.3) is 5.91 Å². The Morgan fingerprint density at radius 3 is 2.45 bits per heavy atom. The van der Waals surface area contributed by atoms with Gasteiger partial charge in [0.1, 0.15) is 5.75 Å². The van der Waals surface area contributed by atoms with Gasteiger partial charge in [0.05, 0.1) is 11.3 Å². The van der Waals surface area contributed by atoms with Crippen molar-refractivity contribution in [3.05, 3.63) is 53.1 Å². The van der Waals surface area contributed by atoms with E-state index in [4.69, 9.17) is 11.6 Å². The maximum absolute atomic E-state index is 12.7. The second-order valence-electron chi connectivity index (χ2n) is 7.61. The lowest BCUT2D eigenvalue weighted by molar-refractivity contribution is 0.102. The summed E-state index contributed by atoms with van der Waals surface area (Å²) in [6, 6.07) is 12.5. The molecule has 3 N–H and O–H groups in total. The van der Waals surface area contributed by atoms with E-state index in [1.54, 1.807) is 42.5 Å². The van der Waals surface area contributed by atoms with Crippen molar-refractivity contribution in [1.29, 1.82) is 0 Å². The first-order valence-electron chi connectivity index (χ1n) is 9.81. The summed E-state index contributed by atoms with van der Waals surface area (Å²) in [4.78, 5) is 15.2. The molecule has 1 amide bonds. The predicted octanol–water partition coefficient (Wildman–Crippen LogP) is 5.25. The van der Waals surface area contributed by atoms with E-state index in [9.17, 15) is 9.90 Å². The minimum absolute atomic E-state index is 0. The molecular weight excluding hydrogens is 409 g/mol. The van der Waals surface area contributed by atoms with E-state index in [1.165, 1.54) is 0 Å². The van der Waals surface area contributed by atoms with Gasteiger partial charge in [-0.25, -0.2) is 0 Å². The van der Waals surface area contributed by atoms with E-state index in [2.05, 4.69) is 29.4 Å². The highest BCUT2D eigenvalue weighted by molar-refractivity contribution is 6.30. The van der Waals surface area contributed by atoms with E-state index in [-0.39, 0.29) is 24.1 Å². The number of phenols is 1. The quantitative estimate of drug-likeness (QED) is 0.539. The van der Waals surface area contributed by atoms with Crippen LogP contribution in [0.3, 0.4) is 0 Å². The number of aromatic hydroxyl groups is 1. The number of likely N-dealkylation sites (tertiary alicyclic amines) is 1. The van der Waals surface area contributed by atoms with Crippen molar-refractivity contribution in [2.75, 3.05) is 30.3 Å². The highest BCUT2D eigenvalue weighted by Crippen LogP contribution is 2.29.